The van der Waals surface area contributed by atoms with E-state index in [1.165, 1.54) is 12.1 Å². The Morgan fingerprint density at radius 2 is 0.980 bits per heavy atom. The highest BCUT2D eigenvalue weighted by Crippen LogP contribution is 2.74. The largest absolute Gasteiger partial charge is 0.416 e. The summed E-state index contributed by atoms with van der Waals surface area (Å²) < 4.78 is 41.8. The molecule has 1 heterocycles. The molecule has 5 aromatic rings. The minimum absolute atomic E-state index is 0.175. The second kappa shape index (κ2) is 10.7. The van der Waals surface area contributed by atoms with Crippen LogP contribution in [0.3, 0.4) is 0 Å². The maximum atomic E-state index is 15.9. The molecule has 4 atom stereocenters. The molecule has 7 heteroatoms. The minimum Gasteiger partial charge on any atom is -0.297 e. The average Bonchev–Trinajstić information content (AvgIpc) is 3.61. The van der Waals surface area contributed by atoms with Crippen LogP contribution in [0.5, 0.6) is 0 Å². The highest BCUT2D eigenvalue weighted by atomic mass is 19.4. The molecule has 49 heavy (non-hydrogen) atoms. The van der Waals surface area contributed by atoms with Crippen LogP contribution < -0.4 is 4.90 Å². The first-order valence-corrected chi connectivity index (χ1v) is 16.1. The molecular formula is C42H30F3NO3. The van der Waals surface area contributed by atoms with Gasteiger partial charge >= 0.3 is 6.18 Å². The number of Topliss-reactive ketones (excluding diaryl/α,β-unsaturated/α-hetero) is 1. The number of ketones is 1. The molecule has 1 aliphatic heterocycles. The van der Waals surface area contributed by atoms with Crippen molar-refractivity contribution in [2.24, 2.45) is 11.8 Å². The van der Waals surface area contributed by atoms with Gasteiger partial charge in [0.25, 0.3) is 0 Å². The van der Waals surface area contributed by atoms with Crippen molar-refractivity contribution in [2.75, 3.05) is 4.90 Å². The van der Waals surface area contributed by atoms with Gasteiger partial charge in [0, 0.05) is 0 Å². The van der Waals surface area contributed by atoms with E-state index in [1.54, 1.807) is 24.3 Å². The number of anilines is 1. The van der Waals surface area contributed by atoms with Gasteiger partial charge in [0.1, 0.15) is 0 Å². The summed E-state index contributed by atoms with van der Waals surface area (Å²) in [6.45, 7) is 3.93. The van der Waals surface area contributed by atoms with Gasteiger partial charge in [0.05, 0.1) is 33.9 Å². The van der Waals surface area contributed by atoms with Crippen LogP contribution in [0, 0.1) is 25.7 Å². The average molecular weight is 654 g/mol. The van der Waals surface area contributed by atoms with Gasteiger partial charge in [-0.1, -0.05) is 126 Å². The number of carbonyl (C=O) groups excluding carboxylic acids is 3. The van der Waals surface area contributed by atoms with Gasteiger partial charge in [-0.15, -0.1) is 0 Å². The maximum absolute atomic E-state index is 15.9. The number of alkyl halides is 3. The van der Waals surface area contributed by atoms with E-state index in [1.807, 2.05) is 98.8 Å². The van der Waals surface area contributed by atoms with Gasteiger partial charge in [0.15, 0.2) is 5.78 Å². The monoisotopic (exact) mass is 653 g/mol. The van der Waals surface area contributed by atoms with Crippen molar-refractivity contribution in [1.29, 1.82) is 0 Å². The van der Waals surface area contributed by atoms with Gasteiger partial charge < -0.3 is 0 Å². The summed E-state index contributed by atoms with van der Waals surface area (Å²) in [6.07, 6.45) is -4.69. The second-order valence-electron chi connectivity index (χ2n) is 13.2. The van der Waals surface area contributed by atoms with Gasteiger partial charge in [0.2, 0.25) is 11.8 Å². The third-order valence-electron chi connectivity index (χ3n) is 10.6. The fourth-order valence-electron chi connectivity index (χ4n) is 8.64. The Labute approximate surface area is 281 Å². The first-order chi connectivity index (χ1) is 23.5. The lowest BCUT2D eigenvalue weighted by atomic mass is 9.59. The Hall–Kier alpha value is -5.56. The fourth-order valence-corrected chi connectivity index (χ4v) is 8.64. The molecule has 5 aromatic carbocycles. The summed E-state index contributed by atoms with van der Waals surface area (Å²) in [4.78, 5) is 46.8. The summed E-state index contributed by atoms with van der Waals surface area (Å²) in [5.41, 5.74) is 1.40. The molecule has 0 N–H and O–H groups in total. The molecule has 2 aliphatic carbocycles. The van der Waals surface area contributed by atoms with E-state index in [-0.39, 0.29) is 11.5 Å². The standard InChI is InChI=1S/C42H30F3NO3/c1-25-16-20-27(21-17-25)33-34(28-22-18-26(2)19-23-28)41(30-12-7-4-8-13-30)36-35(40(33,39(41)49)29-10-5-3-6-11-29)37(47)46(38(36)48)32-15-9-14-31(24-32)42(43,44)45/h3-24,35-36H,1-2H3/t35-,36-,40+,41+/m0/s1. The summed E-state index contributed by atoms with van der Waals surface area (Å²) in [7, 11) is 0. The number of hydrogen-bond acceptors (Lipinski definition) is 3. The molecular weight excluding hydrogens is 623 g/mol. The van der Waals surface area contributed by atoms with Crippen molar-refractivity contribution in [1.82, 2.24) is 0 Å². The van der Waals surface area contributed by atoms with Crippen LogP contribution in [0.15, 0.2) is 133 Å². The number of nitrogens with zero attached hydrogens (tertiary/aromatic N) is 1. The van der Waals surface area contributed by atoms with Crippen molar-refractivity contribution >= 4 is 34.4 Å². The molecule has 0 unspecified atom stereocenters. The molecule has 8 rings (SSSR count). The number of allylic oxidation sites excluding steroid dienone is 2. The van der Waals surface area contributed by atoms with Crippen molar-refractivity contribution in [3.63, 3.8) is 0 Å². The van der Waals surface area contributed by atoms with Crippen LogP contribution in [0.1, 0.15) is 38.9 Å². The molecule has 0 aromatic heterocycles. The lowest BCUT2D eigenvalue weighted by Crippen LogP contribution is -2.45. The van der Waals surface area contributed by atoms with Crippen molar-refractivity contribution < 1.29 is 27.6 Å². The van der Waals surface area contributed by atoms with Gasteiger partial charge in [-0.05, 0) is 65.4 Å². The van der Waals surface area contributed by atoms with Gasteiger partial charge in [-0.25, -0.2) is 4.90 Å². The predicted molar refractivity (Wildman–Crippen MR) is 181 cm³/mol. The lowest BCUT2D eigenvalue weighted by Gasteiger charge is -2.39. The molecule has 2 fully saturated rings. The molecule has 0 radical (unpaired) electrons. The Bertz CT molecular complexity index is 2060. The molecule has 2 amide bonds. The summed E-state index contributed by atoms with van der Waals surface area (Å²) in [5.74, 6) is -4.14. The number of aryl methyl sites for hydroxylation is 2. The SMILES string of the molecule is Cc1ccc(C2=C(c3ccc(C)cc3)[C@@]3(c4ccccc4)C(=O)[C@@]2(c2ccccc2)[C@@H]2C(=O)N(c4cccc(C(F)(F)F)c4)C(=O)[C@H]23)cc1. The van der Waals surface area contributed by atoms with E-state index < -0.39 is 46.2 Å². The van der Waals surface area contributed by atoms with Crippen LogP contribution in [-0.4, -0.2) is 17.6 Å². The minimum atomic E-state index is -4.69. The summed E-state index contributed by atoms with van der Waals surface area (Å²) in [6, 6.07) is 38.0. The van der Waals surface area contributed by atoms with E-state index in [4.69, 9.17) is 0 Å². The Morgan fingerprint density at radius 3 is 1.39 bits per heavy atom. The molecule has 1 saturated carbocycles. The molecule has 1 saturated heterocycles. The Morgan fingerprint density at radius 1 is 0.551 bits per heavy atom. The number of benzene rings is 5. The zero-order valence-corrected chi connectivity index (χ0v) is 26.7. The Balaban J connectivity index is 1.52. The third-order valence-corrected chi connectivity index (χ3v) is 10.6. The number of hydrogen-bond donors (Lipinski definition) is 0. The van der Waals surface area contributed by atoms with Gasteiger partial charge in [-0.3, -0.25) is 14.4 Å². The van der Waals surface area contributed by atoms with E-state index in [9.17, 15) is 13.2 Å². The number of carbonyl (C=O) groups is 3. The first kappa shape index (κ1) is 30.8. The maximum Gasteiger partial charge on any atom is 0.416 e. The van der Waals surface area contributed by atoms with E-state index >= 15 is 14.4 Å². The van der Waals surface area contributed by atoms with Gasteiger partial charge in [-0.2, -0.15) is 13.2 Å². The number of rotatable bonds is 5. The van der Waals surface area contributed by atoms with E-state index in [0.29, 0.717) is 22.3 Å². The zero-order chi connectivity index (χ0) is 34.3. The fraction of sp³-hybridized carbons (Fsp3) is 0.167. The first-order valence-electron chi connectivity index (χ1n) is 16.1. The number of amides is 2. The summed E-state index contributed by atoms with van der Waals surface area (Å²) in [5, 5.41) is 0. The number of halogens is 3. The van der Waals surface area contributed by atoms with Crippen molar-refractivity contribution in [2.45, 2.75) is 30.9 Å². The molecule has 4 nitrogen and oxygen atoms in total. The van der Waals surface area contributed by atoms with E-state index in [2.05, 4.69) is 0 Å². The van der Waals surface area contributed by atoms with Crippen molar-refractivity contribution in [3.05, 3.63) is 172 Å². The quantitative estimate of drug-likeness (QED) is 0.179. The van der Waals surface area contributed by atoms with Crippen LogP contribution in [0.4, 0.5) is 18.9 Å². The van der Waals surface area contributed by atoms with Crippen LogP contribution in [0.2, 0.25) is 0 Å². The normalized spacial score (nSPS) is 24.6. The lowest BCUT2D eigenvalue weighted by molar-refractivity contribution is -0.137. The highest BCUT2D eigenvalue weighted by Gasteiger charge is 2.82. The van der Waals surface area contributed by atoms with E-state index in [0.717, 1.165) is 39.3 Å². The summed E-state index contributed by atoms with van der Waals surface area (Å²) >= 11 is 0. The zero-order valence-electron chi connectivity index (χ0n) is 26.7. The molecule has 3 aliphatic rings. The molecule has 242 valence electrons. The molecule has 2 bridgehead atoms. The second-order valence-corrected chi connectivity index (χ2v) is 13.2. The smallest absolute Gasteiger partial charge is 0.297 e. The van der Waals surface area contributed by atoms with Crippen LogP contribution in [0.25, 0.3) is 11.1 Å². The number of imide groups is 1. The van der Waals surface area contributed by atoms with Crippen LogP contribution in [-0.2, 0) is 31.4 Å². The van der Waals surface area contributed by atoms with Crippen LogP contribution >= 0.6 is 0 Å². The topological polar surface area (TPSA) is 54.5 Å². The predicted octanol–water partition coefficient (Wildman–Crippen LogP) is 8.51. The molecule has 0 spiro atoms. The third kappa shape index (κ3) is 4.08. The Kier molecular flexibility index (Phi) is 6.73. The van der Waals surface area contributed by atoms with Crippen molar-refractivity contribution in [3.8, 4) is 0 Å². The highest BCUT2D eigenvalue weighted by molar-refractivity contribution is 6.39. The number of fused-ring (bicyclic) bond motifs is 5.